The molecule has 6 heteroatoms. The van der Waals surface area contributed by atoms with E-state index in [1.165, 1.54) is 6.42 Å². The van der Waals surface area contributed by atoms with Crippen LogP contribution in [-0.4, -0.2) is 25.2 Å². The number of halogens is 1. The Bertz CT molecular complexity index is 856. The first-order valence-electron chi connectivity index (χ1n) is 9.85. The highest BCUT2D eigenvalue weighted by atomic mass is 127. The van der Waals surface area contributed by atoms with Crippen LogP contribution in [0.4, 0.5) is 0 Å². The van der Waals surface area contributed by atoms with Gasteiger partial charge in [-0.05, 0) is 64.8 Å². The summed E-state index contributed by atoms with van der Waals surface area (Å²) in [6, 6.07) is 3.88. The normalized spacial score (nSPS) is 18.8. The van der Waals surface area contributed by atoms with Crippen LogP contribution in [0.25, 0.3) is 11.3 Å². The van der Waals surface area contributed by atoms with Gasteiger partial charge in [-0.2, -0.15) is 0 Å². The molecule has 0 saturated heterocycles. The fourth-order valence-corrected chi connectivity index (χ4v) is 4.74. The molecule has 0 spiro atoms. The van der Waals surface area contributed by atoms with Crippen molar-refractivity contribution in [1.82, 2.24) is 5.16 Å². The van der Waals surface area contributed by atoms with E-state index in [1.54, 1.807) is 14.2 Å². The maximum Gasteiger partial charge on any atom is 0.186 e. The molecular formula is C22H28INO4. The molecule has 28 heavy (non-hydrogen) atoms. The van der Waals surface area contributed by atoms with Gasteiger partial charge in [-0.15, -0.1) is 0 Å². The second kappa shape index (κ2) is 8.84. The molecular weight excluding hydrogens is 469 g/mol. The van der Waals surface area contributed by atoms with E-state index in [0.29, 0.717) is 35.5 Å². The average Bonchev–Trinajstić information content (AvgIpc) is 3.05. The number of ketones is 1. The van der Waals surface area contributed by atoms with Crippen molar-refractivity contribution in [2.24, 2.45) is 11.8 Å². The van der Waals surface area contributed by atoms with Gasteiger partial charge in [-0.1, -0.05) is 32.3 Å². The molecule has 0 aliphatic heterocycles. The van der Waals surface area contributed by atoms with Crippen molar-refractivity contribution in [3.63, 3.8) is 0 Å². The summed E-state index contributed by atoms with van der Waals surface area (Å²) in [5.74, 6) is 3.48. The SMILES string of the molecule is CCC1CCC1CC(=O)c1noc(-c2cc(C(C)C)c(OC)cc2OC)c1I. The maximum atomic E-state index is 12.8. The Balaban J connectivity index is 1.95. The summed E-state index contributed by atoms with van der Waals surface area (Å²) in [7, 11) is 3.27. The van der Waals surface area contributed by atoms with Gasteiger partial charge in [-0.3, -0.25) is 4.79 Å². The molecule has 1 heterocycles. The smallest absolute Gasteiger partial charge is 0.186 e. The molecule has 1 fully saturated rings. The highest BCUT2D eigenvalue weighted by molar-refractivity contribution is 14.1. The number of aromatic nitrogens is 1. The van der Waals surface area contributed by atoms with E-state index in [2.05, 4.69) is 48.5 Å². The number of nitrogens with zero attached hydrogens (tertiary/aromatic N) is 1. The Labute approximate surface area is 180 Å². The molecule has 5 nitrogen and oxygen atoms in total. The van der Waals surface area contributed by atoms with Gasteiger partial charge in [0.2, 0.25) is 0 Å². The summed E-state index contributed by atoms with van der Waals surface area (Å²) in [5, 5.41) is 4.13. The van der Waals surface area contributed by atoms with Crippen LogP contribution in [0, 0.1) is 15.4 Å². The van der Waals surface area contributed by atoms with Crippen LogP contribution in [0.3, 0.4) is 0 Å². The third kappa shape index (κ3) is 3.93. The van der Waals surface area contributed by atoms with Crippen molar-refractivity contribution in [2.45, 2.75) is 52.4 Å². The monoisotopic (exact) mass is 497 g/mol. The highest BCUT2D eigenvalue weighted by Gasteiger charge is 2.33. The van der Waals surface area contributed by atoms with Crippen LogP contribution in [0.2, 0.25) is 0 Å². The summed E-state index contributed by atoms with van der Waals surface area (Å²) in [6.07, 6.45) is 4.06. The van der Waals surface area contributed by atoms with E-state index in [9.17, 15) is 4.79 Å². The molecule has 152 valence electrons. The van der Waals surface area contributed by atoms with Crippen LogP contribution in [0.15, 0.2) is 16.7 Å². The van der Waals surface area contributed by atoms with Gasteiger partial charge < -0.3 is 14.0 Å². The summed E-state index contributed by atoms with van der Waals surface area (Å²) < 4.78 is 17.5. The molecule has 2 unspecified atom stereocenters. The van der Waals surface area contributed by atoms with Crippen molar-refractivity contribution < 1.29 is 18.8 Å². The lowest BCUT2D eigenvalue weighted by molar-refractivity contribution is 0.0855. The number of carbonyl (C=O) groups excluding carboxylic acids is 1. The molecule has 2 aromatic rings. The Morgan fingerprint density at radius 1 is 1.21 bits per heavy atom. The quantitative estimate of drug-likeness (QED) is 0.326. The van der Waals surface area contributed by atoms with E-state index >= 15 is 0 Å². The summed E-state index contributed by atoms with van der Waals surface area (Å²) in [6.45, 7) is 6.41. The van der Waals surface area contributed by atoms with E-state index < -0.39 is 0 Å². The van der Waals surface area contributed by atoms with Gasteiger partial charge >= 0.3 is 0 Å². The Hall–Kier alpha value is -1.57. The van der Waals surface area contributed by atoms with E-state index in [4.69, 9.17) is 14.0 Å². The minimum Gasteiger partial charge on any atom is -0.496 e. The van der Waals surface area contributed by atoms with Crippen LogP contribution in [0.1, 0.15) is 68.4 Å². The van der Waals surface area contributed by atoms with Crippen molar-refractivity contribution in [3.05, 3.63) is 27.0 Å². The zero-order valence-electron chi connectivity index (χ0n) is 17.2. The van der Waals surface area contributed by atoms with Gasteiger partial charge in [0.05, 0.1) is 23.4 Å². The van der Waals surface area contributed by atoms with Gasteiger partial charge in [-0.25, -0.2) is 0 Å². The number of ether oxygens (including phenoxy) is 2. The molecule has 3 rings (SSSR count). The zero-order valence-corrected chi connectivity index (χ0v) is 19.3. The van der Waals surface area contributed by atoms with Gasteiger partial charge in [0.25, 0.3) is 0 Å². The highest BCUT2D eigenvalue weighted by Crippen LogP contribution is 2.42. The van der Waals surface area contributed by atoms with Crippen molar-refractivity contribution >= 4 is 28.4 Å². The minimum absolute atomic E-state index is 0.0686. The van der Waals surface area contributed by atoms with Crippen LogP contribution < -0.4 is 9.47 Å². The Morgan fingerprint density at radius 2 is 1.89 bits per heavy atom. The molecule has 1 aromatic heterocycles. The first-order chi connectivity index (χ1) is 13.4. The number of rotatable bonds is 8. The predicted molar refractivity (Wildman–Crippen MR) is 117 cm³/mol. The first kappa shape index (κ1) is 21.1. The molecule has 0 radical (unpaired) electrons. The van der Waals surface area contributed by atoms with Gasteiger partial charge in [0.15, 0.2) is 17.2 Å². The molecule has 1 saturated carbocycles. The van der Waals surface area contributed by atoms with E-state index in [1.807, 2.05) is 12.1 Å². The third-order valence-corrected chi connectivity index (χ3v) is 6.87. The second-order valence-corrected chi connectivity index (χ2v) is 8.84. The number of hydrogen-bond donors (Lipinski definition) is 0. The van der Waals surface area contributed by atoms with Crippen molar-refractivity contribution in [2.75, 3.05) is 14.2 Å². The topological polar surface area (TPSA) is 61.6 Å². The summed E-state index contributed by atoms with van der Waals surface area (Å²) >= 11 is 2.16. The van der Waals surface area contributed by atoms with E-state index in [0.717, 1.165) is 33.3 Å². The van der Waals surface area contributed by atoms with Crippen molar-refractivity contribution in [3.8, 4) is 22.8 Å². The largest absolute Gasteiger partial charge is 0.496 e. The number of hydrogen-bond acceptors (Lipinski definition) is 5. The summed E-state index contributed by atoms with van der Waals surface area (Å²) in [5.41, 5.74) is 2.28. The third-order valence-electron chi connectivity index (χ3n) is 5.86. The number of Topliss-reactive ketones (excluding diaryl/α,β-unsaturated/α-hetero) is 1. The molecule has 1 aromatic carbocycles. The maximum absolute atomic E-state index is 12.8. The fourth-order valence-electron chi connectivity index (χ4n) is 3.95. The number of carbonyl (C=O) groups is 1. The predicted octanol–water partition coefficient (Wildman–Crippen LogP) is 6.10. The van der Waals surface area contributed by atoms with E-state index in [-0.39, 0.29) is 11.7 Å². The molecule has 0 bridgehead atoms. The van der Waals surface area contributed by atoms with Crippen LogP contribution >= 0.6 is 22.6 Å². The second-order valence-electron chi connectivity index (χ2n) is 7.76. The van der Waals surface area contributed by atoms with Gasteiger partial charge in [0, 0.05) is 12.5 Å². The standard InChI is InChI=1S/C22H28INO4/c1-6-13-7-8-14(13)9-17(25)21-20(23)22(28-24-21)16-10-15(12(2)3)18(26-4)11-19(16)27-5/h10-14H,6-9H2,1-5H3. The van der Waals surface area contributed by atoms with Crippen LogP contribution in [-0.2, 0) is 0 Å². The number of benzene rings is 1. The molecule has 0 amide bonds. The Kier molecular flexibility index (Phi) is 6.68. The molecule has 2 atom stereocenters. The Morgan fingerprint density at radius 3 is 2.43 bits per heavy atom. The molecule has 1 aliphatic rings. The first-order valence-corrected chi connectivity index (χ1v) is 10.9. The lowest BCUT2D eigenvalue weighted by Gasteiger charge is -2.35. The van der Waals surface area contributed by atoms with Gasteiger partial charge in [0.1, 0.15) is 11.5 Å². The average molecular weight is 497 g/mol. The summed E-state index contributed by atoms with van der Waals surface area (Å²) in [4.78, 5) is 12.8. The van der Waals surface area contributed by atoms with Crippen LogP contribution in [0.5, 0.6) is 11.5 Å². The lowest BCUT2D eigenvalue weighted by atomic mass is 9.70. The van der Waals surface area contributed by atoms with Crippen molar-refractivity contribution in [1.29, 1.82) is 0 Å². The molecule has 0 N–H and O–H groups in total. The fraction of sp³-hybridized carbons (Fsp3) is 0.545. The number of methoxy groups -OCH3 is 2. The lowest BCUT2D eigenvalue weighted by Crippen LogP contribution is -2.27. The molecule has 1 aliphatic carbocycles. The minimum atomic E-state index is 0.0686. The zero-order chi connectivity index (χ0) is 20.4.